The van der Waals surface area contributed by atoms with Gasteiger partial charge in [-0.2, -0.15) is 5.10 Å². The van der Waals surface area contributed by atoms with Crippen molar-refractivity contribution in [2.75, 3.05) is 18.6 Å². The molecule has 1 aliphatic heterocycles. The van der Waals surface area contributed by atoms with Gasteiger partial charge in [-0.05, 0) is 45.2 Å². The van der Waals surface area contributed by atoms with E-state index in [1.54, 1.807) is 16.2 Å². The number of carbonyl (C=O) groups is 1. The number of aryl methyl sites for hydroxylation is 3. The Labute approximate surface area is 171 Å². The van der Waals surface area contributed by atoms with Gasteiger partial charge < -0.3 is 4.90 Å². The molecule has 0 aliphatic carbocycles. The number of aromatic nitrogens is 2. The Morgan fingerprint density at radius 2 is 2.07 bits per heavy atom. The van der Waals surface area contributed by atoms with E-state index in [9.17, 15) is 13.2 Å². The third-order valence-electron chi connectivity index (χ3n) is 5.52. The molecule has 1 fully saturated rings. The van der Waals surface area contributed by atoms with E-state index in [0.717, 1.165) is 34.7 Å². The van der Waals surface area contributed by atoms with Gasteiger partial charge in [0.25, 0.3) is 5.91 Å². The minimum atomic E-state index is -2.97. The summed E-state index contributed by atoms with van der Waals surface area (Å²) in [4.78, 5) is 16.6. The van der Waals surface area contributed by atoms with Crippen molar-refractivity contribution in [3.8, 4) is 0 Å². The molecule has 2 aromatic rings. The summed E-state index contributed by atoms with van der Waals surface area (Å²) in [7, 11) is -1.15. The molecule has 0 N–H and O–H groups in total. The van der Waals surface area contributed by atoms with Crippen molar-refractivity contribution in [1.29, 1.82) is 0 Å². The second kappa shape index (κ2) is 7.99. The first kappa shape index (κ1) is 21.0. The highest BCUT2D eigenvalue weighted by atomic mass is 32.2. The summed E-state index contributed by atoms with van der Waals surface area (Å²) in [5.41, 5.74) is 4.07. The van der Waals surface area contributed by atoms with E-state index in [4.69, 9.17) is 0 Å². The third-order valence-corrected chi connectivity index (χ3v) is 8.35. The van der Waals surface area contributed by atoms with Gasteiger partial charge in [-0.3, -0.25) is 9.48 Å². The van der Waals surface area contributed by atoms with Crippen LogP contribution in [0.5, 0.6) is 0 Å². The highest BCUT2D eigenvalue weighted by Gasteiger charge is 2.31. The van der Waals surface area contributed by atoms with Gasteiger partial charge in [0.1, 0.15) is 0 Å². The second-order valence-corrected chi connectivity index (χ2v) is 11.2. The molecule has 6 nitrogen and oxygen atoms in total. The Balaban J connectivity index is 1.78. The van der Waals surface area contributed by atoms with Crippen molar-refractivity contribution in [1.82, 2.24) is 14.7 Å². The maximum Gasteiger partial charge on any atom is 0.263 e. The number of hydrogen-bond donors (Lipinski definition) is 0. The number of amides is 1. The van der Waals surface area contributed by atoms with E-state index in [2.05, 4.69) is 18.9 Å². The SMILES string of the molecule is CCCc1cc(C(=O)N(C)Cc2c(C)nn([C@H]3CCS(=O)(=O)C3)c2C)sc1C. The van der Waals surface area contributed by atoms with Crippen molar-refractivity contribution in [3.63, 3.8) is 0 Å². The molecule has 0 spiro atoms. The third kappa shape index (κ3) is 4.17. The van der Waals surface area contributed by atoms with Crippen LogP contribution in [0.3, 0.4) is 0 Å². The summed E-state index contributed by atoms with van der Waals surface area (Å²) < 4.78 is 25.5. The number of carbonyl (C=O) groups excluding carboxylic acids is 1. The summed E-state index contributed by atoms with van der Waals surface area (Å²) in [5.74, 6) is 0.393. The van der Waals surface area contributed by atoms with E-state index in [0.29, 0.717) is 13.0 Å². The molecule has 0 bridgehead atoms. The summed E-state index contributed by atoms with van der Waals surface area (Å²) in [6.45, 7) is 8.57. The molecular weight excluding hydrogens is 394 g/mol. The first-order valence-corrected chi connectivity index (χ1v) is 12.4. The van der Waals surface area contributed by atoms with Crippen molar-refractivity contribution >= 4 is 27.1 Å². The lowest BCUT2D eigenvalue weighted by Crippen LogP contribution is -2.26. The average Bonchev–Trinajstić information content (AvgIpc) is 3.26. The molecule has 28 heavy (non-hydrogen) atoms. The van der Waals surface area contributed by atoms with Gasteiger partial charge in [-0.1, -0.05) is 13.3 Å². The van der Waals surface area contributed by atoms with Gasteiger partial charge >= 0.3 is 0 Å². The van der Waals surface area contributed by atoms with Crippen molar-refractivity contribution in [2.24, 2.45) is 0 Å². The Kier molecular flexibility index (Phi) is 6.00. The van der Waals surface area contributed by atoms with Crippen LogP contribution < -0.4 is 0 Å². The summed E-state index contributed by atoms with van der Waals surface area (Å²) in [6, 6.07) is 1.92. The Hall–Kier alpha value is -1.67. The second-order valence-electron chi connectivity index (χ2n) is 7.75. The smallest absolute Gasteiger partial charge is 0.263 e. The maximum absolute atomic E-state index is 12.9. The number of rotatable bonds is 6. The van der Waals surface area contributed by atoms with Crippen LogP contribution in [0.4, 0.5) is 0 Å². The summed E-state index contributed by atoms with van der Waals surface area (Å²) in [5, 5.41) is 4.60. The van der Waals surface area contributed by atoms with Gasteiger partial charge in [-0.15, -0.1) is 11.3 Å². The van der Waals surface area contributed by atoms with Gasteiger partial charge in [0, 0.05) is 29.7 Å². The molecule has 3 rings (SSSR count). The van der Waals surface area contributed by atoms with E-state index < -0.39 is 9.84 Å². The topological polar surface area (TPSA) is 72.3 Å². The van der Waals surface area contributed by atoms with E-state index in [1.165, 1.54) is 10.4 Å². The highest BCUT2D eigenvalue weighted by molar-refractivity contribution is 7.91. The average molecular weight is 424 g/mol. The Bertz CT molecular complexity index is 989. The number of nitrogens with zero attached hydrogens (tertiary/aromatic N) is 3. The van der Waals surface area contributed by atoms with Crippen LogP contribution in [0.2, 0.25) is 0 Å². The van der Waals surface area contributed by atoms with Crippen molar-refractivity contribution in [2.45, 2.75) is 59.5 Å². The lowest BCUT2D eigenvalue weighted by Gasteiger charge is -2.17. The standard InChI is InChI=1S/C20H29N3O3S2/c1-6-7-16-10-19(27-15(16)4)20(24)22(5)11-18-13(2)21-23(14(18)3)17-8-9-28(25,26)12-17/h10,17H,6-9,11-12H2,1-5H3/t17-/m0/s1. The zero-order valence-electron chi connectivity index (χ0n) is 17.3. The number of thiophene rings is 1. The lowest BCUT2D eigenvalue weighted by molar-refractivity contribution is 0.0789. The van der Waals surface area contributed by atoms with Crippen LogP contribution in [-0.4, -0.2) is 47.6 Å². The fraction of sp³-hybridized carbons (Fsp3) is 0.600. The molecule has 2 aromatic heterocycles. The minimum Gasteiger partial charge on any atom is -0.337 e. The van der Waals surface area contributed by atoms with Gasteiger partial charge in [-0.25, -0.2) is 8.42 Å². The van der Waals surface area contributed by atoms with Gasteiger partial charge in [0.2, 0.25) is 0 Å². The van der Waals surface area contributed by atoms with E-state index >= 15 is 0 Å². The molecule has 154 valence electrons. The van der Waals surface area contributed by atoms with Crippen LogP contribution in [0.25, 0.3) is 0 Å². The number of hydrogen-bond acceptors (Lipinski definition) is 5. The van der Waals surface area contributed by atoms with Crippen LogP contribution in [0, 0.1) is 20.8 Å². The predicted octanol–water partition coefficient (Wildman–Crippen LogP) is 3.45. The normalized spacial score (nSPS) is 18.5. The van der Waals surface area contributed by atoms with Gasteiger partial charge in [0.15, 0.2) is 9.84 Å². The predicted molar refractivity (Wildman–Crippen MR) is 113 cm³/mol. The fourth-order valence-electron chi connectivity index (χ4n) is 3.89. The first-order valence-electron chi connectivity index (χ1n) is 9.72. The first-order chi connectivity index (χ1) is 13.1. The maximum atomic E-state index is 12.9. The van der Waals surface area contributed by atoms with E-state index in [-0.39, 0.29) is 23.5 Å². The molecule has 1 atom stereocenters. The molecule has 1 saturated heterocycles. The zero-order valence-corrected chi connectivity index (χ0v) is 18.9. The van der Waals surface area contributed by atoms with E-state index in [1.807, 2.05) is 31.6 Å². The number of sulfone groups is 1. The zero-order chi connectivity index (χ0) is 20.6. The van der Waals surface area contributed by atoms with Crippen LogP contribution in [0.1, 0.15) is 62.9 Å². The van der Waals surface area contributed by atoms with Crippen LogP contribution >= 0.6 is 11.3 Å². The molecule has 8 heteroatoms. The lowest BCUT2D eigenvalue weighted by atomic mass is 10.1. The molecule has 0 radical (unpaired) electrons. The molecule has 0 unspecified atom stereocenters. The van der Waals surface area contributed by atoms with Crippen molar-refractivity contribution < 1.29 is 13.2 Å². The minimum absolute atomic E-state index is 0.0189. The highest BCUT2D eigenvalue weighted by Crippen LogP contribution is 2.28. The van der Waals surface area contributed by atoms with Crippen LogP contribution in [-0.2, 0) is 22.8 Å². The monoisotopic (exact) mass is 423 g/mol. The molecular formula is C20H29N3O3S2. The Morgan fingerprint density at radius 1 is 1.36 bits per heavy atom. The summed E-state index contributed by atoms with van der Waals surface area (Å²) >= 11 is 1.56. The Morgan fingerprint density at radius 3 is 2.68 bits per heavy atom. The molecule has 0 saturated carbocycles. The molecule has 1 aliphatic rings. The quantitative estimate of drug-likeness (QED) is 0.713. The fourth-order valence-corrected chi connectivity index (χ4v) is 6.65. The largest absolute Gasteiger partial charge is 0.337 e. The van der Waals surface area contributed by atoms with Crippen LogP contribution in [0.15, 0.2) is 6.07 Å². The van der Waals surface area contributed by atoms with Crippen molar-refractivity contribution in [3.05, 3.63) is 38.3 Å². The molecule has 3 heterocycles. The molecule has 1 amide bonds. The summed E-state index contributed by atoms with van der Waals surface area (Å²) in [6.07, 6.45) is 2.66. The van der Waals surface area contributed by atoms with Gasteiger partial charge in [0.05, 0.1) is 28.1 Å². The molecule has 0 aromatic carbocycles.